The molecular formula is C13H14N2O4. The Balaban J connectivity index is 2.30. The number of ketones is 1. The average molecular weight is 262 g/mol. The molecule has 0 spiro atoms. The van der Waals surface area contributed by atoms with Crippen molar-refractivity contribution in [1.29, 1.82) is 0 Å². The number of anilines is 1. The topological polar surface area (TPSA) is 80.5 Å². The second-order valence-electron chi connectivity index (χ2n) is 4.57. The van der Waals surface area contributed by atoms with Gasteiger partial charge in [-0.1, -0.05) is 6.07 Å². The normalized spacial score (nSPS) is 19.3. The highest BCUT2D eigenvalue weighted by Gasteiger charge is 2.32. The van der Waals surface area contributed by atoms with Crippen LogP contribution in [0, 0.1) is 16.0 Å². The summed E-state index contributed by atoms with van der Waals surface area (Å²) in [5, 5.41) is 10.7. The van der Waals surface area contributed by atoms with Crippen LogP contribution in [0.1, 0.15) is 19.8 Å². The van der Waals surface area contributed by atoms with Gasteiger partial charge in [-0.2, -0.15) is 0 Å². The van der Waals surface area contributed by atoms with Gasteiger partial charge < -0.3 is 4.90 Å². The van der Waals surface area contributed by atoms with E-state index in [9.17, 15) is 19.7 Å². The Hall–Kier alpha value is -2.24. The van der Waals surface area contributed by atoms with Gasteiger partial charge in [0, 0.05) is 18.7 Å². The van der Waals surface area contributed by atoms with E-state index in [2.05, 4.69) is 0 Å². The summed E-state index contributed by atoms with van der Waals surface area (Å²) in [5.41, 5.74) is 0.417. The Morgan fingerprint density at radius 2 is 2.21 bits per heavy atom. The predicted molar refractivity (Wildman–Crippen MR) is 68.9 cm³/mol. The number of nitrogens with zero attached hydrogens (tertiary/aromatic N) is 2. The van der Waals surface area contributed by atoms with Gasteiger partial charge in [0.2, 0.25) is 5.91 Å². The first-order valence-electron chi connectivity index (χ1n) is 6.07. The lowest BCUT2D eigenvalue weighted by molar-refractivity contribution is -0.384. The third kappa shape index (κ3) is 2.62. The third-order valence-electron chi connectivity index (χ3n) is 3.28. The summed E-state index contributed by atoms with van der Waals surface area (Å²) in [5.74, 6) is -1.03. The Kier molecular flexibility index (Phi) is 3.59. The molecule has 1 aliphatic rings. The largest absolute Gasteiger partial charge is 0.312 e. The standard InChI is InChI=1S/C13H14N2O4/c1-9(16)12-6-3-7-14(13(12)17)10-4-2-5-11(8-10)15(18)19/h2,4-5,8,12H,3,6-7H2,1H3/t12-/m1/s1. The molecule has 1 atom stereocenters. The number of non-ortho nitro benzene ring substituents is 1. The Morgan fingerprint density at radius 1 is 1.47 bits per heavy atom. The Morgan fingerprint density at radius 3 is 2.84 bits per heavy atom. The highest BCUT2D eigenvalue weighted by Crippen LogP contribution is 2.27. The van der Waals surface area contributed by atoms with Gasteiger partial charge in [-0.25, -0.2) is 0 Å². The molecule has 1 heterocycles. The number of hydrogen-bond donors (Lipinski definition) is 0. The van der Waals surface area contributed by atoms with E-state index in [0.717, 1.165) is 6.42 Å². The quantitative estimate of drug-likeness (QED) is 0.473. The molecule has 0 unspecified atom stereocenters. The summed E-state index contributed by atoms with van der Waals surface area (Å²) in [4.78, 5) is 35.3. The summed E-state index contributed by atoms with van der Waals surface area (Å²) in [6.07, 6.45) is 1.28. The Bertz CT molecular complexity index is 541. The van der Waals surface area contributed by atoms with Crippen molar-refractivity contribution < 1.29 is 14.5 Å². The molecule has 0 saturated carbocycles. The molecule has 1 amide bonds. The minimum absolute atomic E-state index is 0.0600. The minimum atomic E-state index is -0.618. The van der Waals surface area contributed by atoms with Crippen molar-refractivity contribution >= 4 is 23.1 Å². The lowest BCUT2D eigenvalue weighted by Gasteiger charge is -2.31. The zero-order valence-electron chi connectivity index (χ0n) is 10.5. The van der Waals surface area contributed by atoms with Gasteiger partial charge in [0.15, 0.2) is 0 Å². The van der Waals surface area contributed by atoms with Gasteiger partial charge in [-0.3, -0.25) is 19.7 Å². The molecule has 6 heteroatoms. The second-order valence-corrected chi connectivity index (χ2v) is 4.57. The second kappa shape index (κ2) is 5.17. The summed E-state index contributed by atoms with van der Waals surface area (Å²) >= 11 is 0. The molecule has 0 radical (unpaired) electrons. The molecule has 0 bridgehead atoms. The molecule has 2 rings (SSSR count). The zero-order chi connectivity index (χ0) is 14.0. The van der Waals surface area contributed by atoms with E-state index in [1.807, 2.05) is 0 Å². The maximum absolute atomic E-state index is 12.2. The van der Waals surface area contributed by atoms with Crippen LogP contribution in [0.25, 0.3) is 0 Å². The fourth-order valence-electron chi connectivity index (χ4n) is 2.28. The highest BCUT2D eigenvalue weighted by molar-refractivity contribution is 6.08. The third-order valence-corrected chi connectivity index (χ3v) is 3.28. The van der Waals surface area contributed by atoms with Crippen LogP contribution in [0.5, 0.6) is 0 Å². The van der Waals surface area contributed by atoms with Crippen LogP contribution in [-0.4, -0.2) is 23.2 Å². The molecule has 0 N–H and O–H groups in total. The van der Waals surface area contributed by atoms with Gasteiger partial charge in [0.25, 0.3) is 5.69 Å². The van der Waals surface area contributed by atoms with E-state index in [-0.39, 0.29) is 17.4 Å². The number of benzene rings is 1. The molecule has 100 valence electrons. The first kappa shape index (κ1) is 13.2. The van der Waals surface area contributed by atoms with Crippen LogP contribution in [0.3, 0.4) is 0 Å². The highest BCUT2D eigenvalue weighted by atomic mass is 16.6. The van der Waals surface area contributed by atoms with Crippen molar-refractivity contribution in [3.63, 3.8) is 0 Å². The molecule has 0 aromatic heterocycles. The SMILES string of the molecule is CC(=O)[C@H]1CCCN(c2cccc([N+](=O)[O-])c2)C1=O. The van der Waals surface area contributed by atoms with Crippen LogP contribution < -0.4 is 4.90 Å². The number of carbonyl (C=O) groups is 2. The summed E-state index contributed by atoms with van der Waals surface area (Å²) in [6, 6.07) is 5.92. The van der Waals surface area contributed by atoms with Crippen molar-refractivity contribution in [2.75, 3.05) is 11.4 Å². The average Bonchev–Trinajstić information content (AvgIpc) is 2.38. The van der Waals surface area contributed by atoms with E-state index in [0.29, 0.717) is 18.7 Å². The lowest BCUT2D eigenvalue weighted by Crippen LogP contribution is -2.43. The van der Waals surface area contributed by atoms with E-state index < -0.39 is 10.8 Å². The maximum Gasteiger partial charge on any atom is 0.271 e. The van der Waals surface area contributed by atoms with Crippen molar-refractivity contribution in [2.45, 2.75) is 19.8 Å². The van der Waals surface area contributed by atoms with Crippen molar-refractivity contribution in [3.05, 3.63) is 34.4 Å². The number of carbonyl (C=O) groups excluding carboxylic acids is 2. The fourth-order valence-corrected chi connectivity index (χ4v) is 2.28. The first-order valence-corrected chi connectivity index (χ1v) is 6.07. The van der Waals surface area contributed by atoms with Gasteiger partial charge in [0.1, 0.15) is 5.78 Å². The van der Waals surface area contributed by atoms with Crippen molar-refractivity contribution in [2.24, 2.45) is 5.92 Å². The van der Waals surface area contributed by atoms with Crippen molar-refractivity contribution in [1.82, 2.24) is 0 Å². The molecule has 1 aromatic rings. The van der Waals surface area contributed by atoms with Gasteiger partial charge >= 0.3 is 0 Å². The number of hydrogen-bond acceptors (Lipinski definition) is 4. The lowest BCUT2D eigenvalue weighted by atomic mass is 9.93. The number of Topliss-reactive ketones (excluding diaryl/α,β-unsaturated/α-hetero) is 1. The summed E-state index contributed by atoms with van der Waals surface area (Å²) < 4.78 is 0. The van der Waals surface area contributed by atoms with E-state index in [4.69, 9.17) is 0 Å². The first-order chi connectivity index (χ1) is 9.00. The molecule has 1 aromatic carbocycles. The maximum atomic E-state index is 12.2. The molecule has 6 nitrogen and oxygen atoms in total. The monoisotopic (exact) mass is 262 g/mol. The number of nitro groups is 1. The Labute approximate surface area is 110 Å². The van der Waals surface area contributed by atoms with Gasteiger partial charge in [-0.15, -0.1) is 0 Å². The van der Waals surface area contributed by atoms with Crippen molar-refractivity contribution in [3.8, 4) is 0 Å². The van der Waals surface area contributed by atoms with Crippen LogP contribution >= 0.6 is 0 Å². The molecule has 0 aliphatic carbocycles. The summed E-state index contributed by atoms with van der Waals surface area (Å²) in [7, 11) is 0. The van der Waals surface area contributed by atoms with Gasteiger partial charge in [-0.05, 0) is 25.8 Å². The number of nitro benzene ring substituents is 1. The summed E-state index contributed by atoms with van der Waals surface area (Å²) in [6.45, 7) is 1.89. The number of rotatable bonds is 3. The zero-order valence-corrected chi connectivity index (χ0v) is 10.5. The number of amides is 1. The predicted octanol–water partition coefficient (Wildman–Crippen LogP) is 1.93. The van der Waals surface area contributed by atoms with E-state index >= 15 is 0 Å². The van der Waals surface area contributed by atoms with Crippen LogP contribution in [0.2, 0.25) is 0 Å². The van der Waals surface area contributed by atoms with Crippen LogP contribution in [-0.2, 0) is 9.59 Å². The number of piperidine rings is 1. The molecule has 1 aliphatic heterocycles. The molecule has 19 heavy (non-hydrogen) atoms. The fraction of sp³-hybridized carbons (Fsp3) is 0.385. The van der Waals surface area contributed by atoms with Gasteiger partial charge in [0.05, 0.1) is 16.5 Å². The van der Waals surface area contributed by atoms with E-state index in [1.54, 1.807) is 6.07 Å². The smallest absolute Gasteiger partial charge is 0.271 e. The molecular weight excluding hydrogens is 248 g/mol. The molecule has 1 saturated heterocycles. The van der Waals surface area contributed by atoms with E-state index in [1.165, 1.54) is 30.0 Å². The van der Waals surface area contributed by atoms with Crippen LogP contribution in [0.15, 0.2) is 24.3 Å². The molecule has 1 fully saturated rings. The van der Waals surface area contributed by atoms with Crippen LogP contribution in [0.4, 0.5) is 11.4 Å². The minimum Gasteiger partial charge on any atom is -0.312 e.